The average Bonchev–Trinajstić information content (AvgIpc) is 2.51. The summed E-state index contributed by atoms with van der Waals surface area (Å²) in [6.07, 6.45) is 0. The zero-order valence-corrected chi connectivity index (χ0v) is 15.8. The lowest BCUT2D eigenvalue weighted by Gasteiger charge is -2.07. The van der Waals surface area contributed by atoms with Gasteiger partial charge in [-0.2, -0.15) is 0 Å². The zero-order chi connectivity index (χ0) is 16.4. The number of oxime groups is 1. The van der Waals surface area contributed by atoms with Gasteiger partial charge in [-0.1, -0.05) is 73.4 Å². The van der Waals surface area contributed by atoms with Gasteiger partial charge in [-0.25, -0.2) is 0 Å². The molecular weight excluding hydrogens is 410 g/mol. The minimum absolute atomic E-state index is 0.614. The molecule has 0 aliphatic heterocycles. The quantitative estimate of drug-likeness (QED) is 0.380. The molecule has 0 fully saturated rings. The van der Waals surface area contributed by atoms with Crippen LogP contribution in [0.2, 0.25) is 0 Å². The van der Waals surface area contributed by atoms with Gasteiger partial charge < -0.3 is 9.94 Å². The molecule has 0 saturated heterocycles. The maximum Gasteiger partial charge on any atom is 0.0732 e. The topological polar surface area (TPSA) is 41.8 Å². The summed E-state index contributed by atoms with van der Waals surface area (Å²) in [4.78, 5) is 0. The number of halogens is 2. The van der Waals surface area contributed by atoms with Crippen molar-refractivity contribution in [1.82, 2.24) is 0 Å². The lowest BCUT2D eigenvalue weighted by atomic mass is 10.2. The third kappa shape index (κ3) is 7.20. The summed E-state index contributed by atoms with van der Waals surface area (Å²) in [7, 11) is 0. The van der Waals surface area contributed by atoms with Crippen LogP contribution in [-0.4, -0.2) is 10.9 Å². The van der Waals surface area contributed by atoms with Crippen LogP contribution < -0.4 is 0 Å². The van der Waals surface area contributed by atoms with E-state index in [4.69, 9.17) is 9.94 Å². The van der Waals surface area contributed by atoms with Crippen molar-refractivity contribution in [2.45, 2.75) is 27.1 Å². The SMILES string of the molecule is Brc1ccccc1COCc1ccccc1Br.CC(C)=NO. The van der Waals surface area contributed by atoms with Crippen molar-refractivity contribution in [1.29, 1.82) is 0 Å². The molecule has 22 heavy (non-hydrogen) atoms. The number of benzene rings is 2. The first-order valence-electron chi connectivity index (χ1n) is 6.74. The summed E-state index contributed by atoms with van der Waals surface area (Å²) in [5.74, 6) is 0. The van der Waals surface area contributed by atoms with E-state index in [9.17, 15) is 0 Å². The van der Waals surface area contributed by atoms with Crippen LogP contribution in [0.15, 0.2) is 62.6 Å². The molecule has 0 bridgehead atoms. The fourth-order valence-corrected chi connectivity index (χ4v) is 2.30. The number of nitrogens with zero attached hydrogens (tertiary/aromatic N) is 1. The van der Waals surface area contributed by atoms with Gasteiger partial charge in [0.15, 0.2) is 0 Å². The largest absolute Gasteiger partial charge is 0.411 e. The molecule has 0 heterocycles. The van der Waals surface area contributed by atoms with Crippen LogP contribution in [0, 0.1) is 0 Å². The molecule has 0 aromatic heterocycles. The highest BCUT2D eigenvalue weighted by atomic mass is 79.9. The van der Waals surface area contributed by atoms with Gasteiger partial charge in [0.1, 0.15) is 0 Å². The monoisotopic (exact) mass is 427 g/mol. The highest BCUT2D eigenvalue weighted by molar-refractivity contribution is 9.10. The Bertz CT molecular complexity index is 566. The molecule has 0 radical (unpaired) electrons. The number of hydrogen-bond donors (Lipinski definition) is 1. The summed E-state index contributed by atoms with van der Waals surface area (Å²) >= 11 is 7.02. The molecule has 2 rings (SSSR count). The van der Waals surface area contributed by atoms with Gasteiger partial charge in [0.25, 0.3) is 0 Å². The van der Waals surface area contributed by atoms with E-state index in [0.29, 0.717) is 18.9 Å². The summed E-state index contributed by atoms with van der Waals surface area (Å²) in [5, 5.41) is 10.5. The first-order valence-corrected chi connectivity index (χ1v) is 8.33. The van der Waals surface area contributed by atoms with Gasteiger partial charge in [-0.3, -0.25) is 0 Å². The molecule has 2 aromatic rings. The Labute approximate surface area is 148 Å². The smallest absolute Gasteiger partial charge is 0.0732 e. The molecule has 0 atom stereocenters. The minimum atomic E-state index is 0.614. The van der Waals surface area contributed by atoms with Gasteiger partial charge in [0.2, 0.25) is 0 Å². The van der Waals surface area contributed by atoms with Crippen molar-refractivity contribution in [2.24, 2.45) is 5.16 Å². The van der Waals surface area contributed by atoms with E-state index >= 15 is 0 Å². The van der Waals surface area contributed by atoms with Crippen molar-refractivity contribution in [3.63, 3.8) is 0 Å². The predicted molar refractivity (Wildman–Crippen MR) is 97.3 cm³/mol. The standard InChI is InChI=1S/C14H12Br2O.C3H7NO/c15-13-7-3-1-5-11(13)9-17-10-12-6-2-4-8-14(12)16;1-3(2)4-5/h1-8H,9-10H2;5H,1-2H3. The molecule has 0 aliphatic rings. The van der Waals surface area contributed by atoms with Crippen molar-refractivity contribution >= 4 is 37.6 Å². The molecule has 118 valence electrons. The third-order valence-electron chi connectivity index (χ3n) is 2.63. The second-order valence-electron chi connectivity index (χ2n) is 4.72. The van der Waals surface area contributed by atoms with Crippen LogP contribution in [-0.2, 0) is 18.0 Å². The Kier molecular flexibility index (Phi) is 9.04. The fourth-order valence-electron chi connectivity index (χ4n) is 1.50. The molecule has 0 spiro atoms. The molecular formula is C17H19Br2NO2. The molecule has 0 amide bonds. The van der Waals surface area contributed by atoms with Crippen LogP contribution in [0.25, 0.3) is 0 Å². The summed E-state index contributed by atoms with van der Waals surface area (Å²) in [5.41, 5.74) is 3.02. The average molecular weight is 429 g/mol. The number of rotatable bonds is 4. The Morgan fingerprint density at radius 3 is 1.59 bits per heavy atom. The first kappa shape index (κ1) is 18.9. The van der Waals surface area contributed by atoms with Gasteiger partial charge in [0.05, 0.1) is 18.9 Å². The Hall–Kier alpha value is -1.17. The van der Waals surface area contributed by atoms with Crippen molar-refractivity contribution < 1.29 is 9.94 Å². The number of ether oxygens (including phenoxy) is 1. The summed E-state index contributed by atoms with van der Waals surface area (Å²) in [6.45, 7) is 4.67. The third-order valence-corrected chi connectivity index (χ3v) is 4.18. The summed E-state index contributed by atoms with van der Waals surface area (Å²) < 4.78 is 7.89. The molecule has 3 nitrogen and oxygen atoms in total. The Morgan fingerprint density at radius 1 is 0.909 bits per heavy atom. The van der Waals surface area contributed by atoms with E-state index in [1.165, 1.54) is 11.1 Å². The second-order valence-corrected chi connectivity index (χ2v) is 6.43. The molecule has 0 unspecified atom stereocenters. The lowest BCUT2D eigenvalue weighted by Crippen LogP contribution is -1.95. The molecule has 0 aliphatic carbocycles. The van der Waals surface area contributed by atoms with Crippen LogP contribution in [0.4, 0.5) is 0 Å². The molecule has 5 heteroatoms. The van der Waals surface area contributed by atoms with Crippen LogP contribution >= 0.6 is 31.9 Å². The lowest BCUT2D eigenvalue weighted by molar-refractivity contribution is 0.106. The van der Waals surface area contributed by atoms with Gasteiger partial charge >= 0.3 is 0 Å². The van der Waals surface area contributed by atoms with Gasteiger partial charge in [-0.05, 0) is 37.1 Å². The van der Waals surface area contributed by atoms with Gasteiger partial charge in [-0.15, -0.1) is 0 Å². The zero-order valence-electron chi connectivity index (χ0n) is 12.6. The Morgan fingerprint density at radius 2 is 1.27 bits per heavy atom. The van der Waals surface area contributed by atoms with E-state index in [0.717, 1.165) is 8.95 Å². The van der Waals surface area contributed by atoms with Crippen molar-refractivity contribution in [2.75, 3.05) is 0 Å². The van der Waals surface area contributed by atoms with E-state index in [-0.39, 0.29) is 0 Å². The van der Waals surface area contributed by atoms with Crippen molar-refractivity contribution in [3.05, 3.63) is 68.6 Å². The molecule has 1 N–H and O–H groups in total. The number of hydrogen-bond acceptors (Lipinski definition) is 3. The van der Waals surface area contributed by atoms with E-state index in [1.54, 1.807) is 13.8 Å². The second kappa shape index (κ2) is 10.5. The van der Waals surface area contributed by atoms with Crippen molar-refractivity contribution in [3.8, 4) is 0 Å². The van der Waals surface area contributed by atoms with Gasteiger partial charge in [0, 0.05) is 8.95 Å². The molecule has 0 saturated carbocycles. The van der Waals surface area contributed by atoms with Crippen LogP contribution in [0.3, 0.4) is 0 Å². The summed E-state index contributed by atoms with van der Waals surface area (Å²) in [6, 6.07) is 16.2. The normalized spacial score (nSPS) is 9.64. The predicted octanol–water partition coefficient (Wildman–Crippen LogP) is 5.78. The van der Waals surface area contributed by atoms with E-state index in [1.807, 2.05) is 36.4 Å². The Balaban J connectivity index is 0.000000422. The maximum atomic E-state index is 7.73. The van der Waals surface area contributed by atoms with E-state index in [2.05, 4.69) is 49.1 Å². The first-order chi connectivity index (χ1) is 10.5. The van der Waals surface area contributed by atoms with Crippen LogP contribution in [0.5, 0.6) is 0 Å². The van der Waals surface area contributed by atoms with Crippen LogP contribution in [0.1, 0.15) is 25.0 Å². The fraction of sp³-hybridized carbons (Fsp3) is 0.235. The van der Waals surface area contributed by atoms with E-state index < -0.39 is 0 Å². The highest BCUT2D eigenvalue weighted by Crippen LogP contribution is 2.19. The highest BCUT2D eigenvalue weighted by Gasteiger charge is 2.01. The maximum absolute atomic E-state index is 7.73. The minimum Gasteiger partial charge on any atom is -0.411 e. The molecule has 2 aromatic carbocycles.